The first-order valence-electron chi connectivity index (χ1n) is 9.79. The molecule has 0 spiro atoms. The molecule has 0 saturated heterocycles. The molecule has 0 unspecified atom stereocenters. The van der Waals surface area contributed by atoms with Crippen molar-refractivity contribution < 1.29 is 19.0 Å². The number of nitrogens with one attached hydrogen (secondary N) is 2. The third-order valence-electron chi connectivity index (χ3n) is 4.11. The summed E-state index contributed by atoms with van der Waals surface area (Å²) in [6.07, 6.45) is 4.55. The number of aliphatic imine (C=N–C) groups is 1. The van der Waals surface area contributed by atoms with Crippen molar-refractivity contribution in [2.24, 2.45) is 4.99 Å². The summed E-state index contributed by atoms with van der Waals surface area (Å²) >= 11 is 0. The van der Waals surface area contributed by atoms with Crippen molar-refractivity contribution >= 4 is 35.9 Å². The summed E-state index contributed by atoms with van der Waals surface area (Å²) < 4.78 is 15.7. The van der Waals surface area contributed by atoms with Gasteiger partial charge >= 0.3 is 5.97 Å². The largest absolute Gasteiger partial charge is 0.466 e. The molecule has 0 aromatic heterocycles. The SMILES string of the molecule is CCNC(=NCc1ccc2c(c1)OCO2)NCCCCCCC(=O)OCC.I. The summed E-state index contributed by atoms with van der Waals surface area (Å²) in [5.74, 6) is 2.28. The molecule has 158 valence electrons. The van der Waals surface area contributed by atoms with E-state index in [1.807, 2.05) is 32.0 Å². The molecule has 1 heterocycles. The molecule has 0 saturated carbocycles. The molecule has 1 aromatic carbocycles. The van der Waals surface area contributed by atoms with Gasteiger partial charge in [0.15, 0.2) is 17.5 Å². The van der Waals surface area contributed by atoms with Gasteiger partial charge in [-0.3, -0.25) is 4.79 Å². The summed E-state index contributed by atoms with van der Waals surface area (Å²) in [6.45, 7) is 6.87. The number of carbonyl (C=O) groups excluding carboxylic acids is 1. The van der Waals surface area contributed by atoms with Crippen LogP contribution in [-0.4, -0.2) is 38.4 Å². The first-order chi connectivity index (χ1) is 13.2. The van der Waals surface area contributed by atoms with Crippen LogP contribution in [-0.2, 0) is 16.1 Å². The highest BCUT2D eigenvalue weighted by atomic mass is 127. The van der Waals surface area contributed by atoms with Crippen LogP contribution in [0, 0.1) is 0 Å². The number of benzene rings is 1. The fourth-order valence-electron chi connectivity index (χ4n) is 2.74. The number of rotatable bonds is 11. The van der Waals surface area contributed by atoms with Gasteiger partial charge in [0.1, 0.15) is 0 Å². The third kappa shape index (κ3) is 8.99. The average Bonchev–Trinajstić information content (AvgIpc) is 3.13. The molecular formula is C20H32IN3O4. The van der Waals surface area contributed by atoms with E-state index in [-0.39, 0.29) is 36.7 Å². The lowest BCUT2D eigenvalue weighted by Gasteiger charge is -2.11. The first kappa shape index (κ1) is 24.3. The topological polar surface area (TPSA) is 81.2 Å². The minimum atomic E-state index is -0.0966. The van der Waals surface area contributed by atoms with E-state index >= 15 is 0 Å². The van der Waals surface area contributed by atoms with Crippen molar-refractivity contribution in [3.8, 4) is 11.5 Å². The van der Waals surface area contributed by atoms with E-state index in [9.17, 15) is 4.79 Å². The maximum atomic E-state index is 11.3. The Morgan fingerprint density at radius 3 is 2.68 bits per heavy atom. The Kier molecular flexibility index (Phi) is 12.4. The zero-order chi connectivity index (χ0) is 19.3. The Labute approximate surface area is 184 Å². The highest BCUT2D eigenvalue weighted by molar-refractivity contribution is 14.0. The standard InChI is InChI=1S/C20H31N3O4.HI/c1-3-21-20(22-12-8-6-5-7-9-19(24)25-4-2)23-14-16-10-11-17-18(13-16)27-15-26-17;/h10-11,13H,3-9,12,14-15H2,1-2H3,(H2,21,22,23);1H. The van der Waals surface area contributed by atoms with Gasteiger partial charge in [-0.05, 0) is 44.4 Å². The normalized spacial score (nSPS) is 12.3. The predicted molar refractivity (Wildman–Crippen MR) is 121 cm³/mol. The quantitative estimate of drug-likeness (QED) is 0.157. The van der Waals surface area contributed by atoms with Crippen LogP contribution in [0.5, 0.6) is 11.5 Å². The number of fused-ring (bicyclic) bond motifs is 1. The van der Waals surface area contributed by atoms with Gasteiger partial charge in [-0.1, -0.05) is 18.9 Å². The molecule has 0 aliphatic carbocycles. The van der Waals surface area contributed by atoms with Gasteiger partial charge < -0.3 is 24.8 Å². The maximum Gasteiger partial charge on any atom is 0.305 e. The Morgan fingerprint density at radius 2 is 1.89 bits per heavy atom. The summed E-state index contributed by atoms with van der Waals surface area (Å²) in [6, 6.07) is 5.90. The molecule has 0 bridgehead atoms. The molecular weight excluding hydrogens is 473 g/mol. The van der Waals surface area contributed by atoms with Crippen molar-refractivity contribution in [3.05, 3.63) is 23.8 Å². The van der Waals surface area contributed by atoms with Crippen molar-refractivity contribution in [3.63, 3.8) is 0 Å². The predicted octanol–water partition coefficient (Wildman–Crippen LogP) is 3.60. The number of guanidine groups is 1. The smallest absolute Gasteiger partial charge is 0.305 e. The van der Waals surface area contributed by atoms with Crippen molar-refractivity contribution in [2.45, 2.75) is 52.5 Å². The van der Waals surface area contributed by atoms with Gasteiger partial charge in [0.05, 0.1) is 13.2 Å². The fraction of sp³-hybridized carbons (Fsp3) is 0.600. The van der Waals surface area contributed by atoms with E-state index in [1.54, 1.807) is 0 Å². The number of hydrogen-bond donors (Lipinski definition) is 2. The first-order valence-corrected chi connectivity index (χ1v) is 9.79. The molecule has 7 nitrogen and oxygen atoms in total. The molecule has 0 radical (unpaired) electrons. The number of nitrogens with zero attached hydrogens (tertiary/aromatic N) is 1. The number of unbranched alkanes of at least 4 members (excludes halogenated alkanes) is 3. The van der Waals surface area contributed by atoms with Gasteiger partial charge in [-0.25, -0.2) is 4.99 Å². The van der Waals surface area contributed by atoms with Crippen molar-refractivity contribution in [1.82, 2.24) is 10.6 Å². The van der Waals surface area contributed by atoms with E-state index in [2.05, 4.69) is 15.6 Å². The second kappa shape index (κ2) is 14.3. The minimum Gasteiger partial charge on any atom is -0.466 e. The van der Waals surface area contributed by atoms with Crippen LogP contribution in [0.1, 0.15) is 51.5 Å². The van der Waals surface area contributed by atoms with Crippen LogP contribution in [0.25, 0.3) is 0 Å². The van der Waals surface area contributed by atoms with Crippen LogP contribution in [0.2, 0.25) is 0 Å². The van der Waals surface area contributed by atoms with Gasteiger partial charge in [-0.2, -0.15) is 0 Å². The number of halogens is 1. The zero-order valence-corrected chi connectivity index (χ0v) is 19.1. The molecule has 28 heavy (non-hydrogen) atoms. The van der Waals surface area contributed by atoms with Crippen LogP contribution in [0.4, 0.5) is 0 Å². The summed E-state index contributed by atoms with van der Waals surface area (Å²) in [5, 5.41) is 6.61. The molecule has 1 aromatic rings. The van der Waals surface area contributed by atoms with Gasteiger partial charge in [0, 0.05) is 19.5 Å². The molecule has 1 aliphatic heterocycles. The van der Waals surface area contributed by atoms with E-state index in [1.165, 1.54) is 0 Å². The molecule has 2 N–H and O–H groups in total. The number of esters is 1. The van der Waals surface area contributed by atoms with Gasteiger partial charge in [0.25, 0.3) is 0 Å². The van der Waals surface area contributed by atoms with Crippen LogP contribution in [0.3, 0.4) is 0 Å². The molecule has 0 atom stereocenters. The lowest BCUT2D eigenvalue weighted by Crippen LogP contribution is -2.37. The van der Waals surface area contributed by atoms with Gasteiger partial charge in [-0.15, -0.1) is 24.0 Å². The molecule has 0 amide bonds. The molecule has 2 rings (SSSR count). The maximum absolute atomic E-state index is 11.3. The van der Waals surface area contributed by atoms with Crippen LogP contribution in [0.15, 0.2) is 23.2 Å². The highest BCUT2D eigenvalue weighted by Crippen LogP contribution is 2.32. The second-order valence-corrected chi connectivity index (χ2v) is 6.28. The average molecular weight is 505 g/mol. The Bertz CT molecular complexity index is 625. The van der Waals surface area contributed by atoms with E-state index in [0.717, 1.165) is 61.8 Å². The Morgan fingerprint density at radius 1 is 1.11 bits per heavy atom. The summed E-state index contributed by atoms with van der Waals surface area (Å²) in [7, 11) is 0. The number of ether oxygens (including phenoxy) is 3. The lowest BCUT2D eigenvalue weighted by atomic mass is 10.1. The second-order valence-electron chi connectivity index (χ2n) is 6.28. The van der Waals surface area contributed by atoms with Crippen LogP contribution >= 0.6 is 24.0 Å². The Balaban J connectivity index is 0.00000392. The molecule has 0 fully saturated rings. The van der Waals surface area contributed by atoms with E-state index < -0.39 is 0 Å². The van der Waals surface area contributed by atoms with Crippen molar-refractivity contribution in [1.29, 1.82) is 0 Å². The highest BCUT2D eigenvalue weighted by Gasteiger charge is 2.12. The van der Waals surface area contributed by atoms with Crippen molar-refractivity contribution in [2.75, 3.05) is 26.5 Å². The number of hydrogen-bond acceptors (Lipinski definition) is 5. The number of carbonyl (C=O) groups is 1. The van der Waals surface area contributed by atoms with E-state index in [4.69, 9.17) is 14.2 Å². The molecule has 8 heteroatoms. The summed E-state index contributed by atoms with van der Waals surface area (Å²) in [4.78, 5) is 15.9. The third-order valence-corrected chi connectivity index (χ3v) is 4.11. The van der Waals surface area contributed by atoms with Gasteiger partial charge in [0.2, 0.25) is 6.79 Å². The van der Waals surface area contributed by atoms with Crippen LogP contribution < -0.4 is 20.1 Å². The van der Waals surface area contributed by atoms with E-state index in [0.29, 0.717) is 19.6 Å². The lowest BCUT2D eigenvalue weighted by molar-refractivity contribution is -0.143. The minimum absolute atomic E-state index is 0. The monoisotopic (exact) mass is 505 g/mol. The fourth-order valence-corrected chi connectivity index (χ4v) is 2.74. The summed E-state index contributed by atoms with van der Waals surface area (Å²) in [5.41, 5.74) is 1.08. The zero-order valence-electron chi connectivity index (χ0n) is 16.8. The Hall–Kier alpha value is -1.71. The molecule has 1 aliphatic rings.